The van der Waals surface area contributed by atoms with E-state index in [2.05, 4.69) is 6.08 Å². The summed E-state index contributed by atoms with van der Waals surface area (Å²) < 4.78 is 35.3. The lowest BCUT2D eigenvalue weighted by Crippen LogP contribution is -2.59. The van der Waals surface area contributed by atoms with Crippen molar-refractivity contribution in [2.45, 2.75) is 63.6 Å². The van der Waals surface area contributed by atoms with Crippen molar-refractivity contribution in [2.24, 2.45) is 34.5 Å². The summed E-state index contributed by atoms with van der Waals surface area (Å²) in [5.74, 6) is -2.65. The number of carbonyl (C=O) groups excluding carboxylic acids is 3. The Morgan fingerprint density at radius 2 is 1.83 bits per heavy atom. The average molecular weight is 509 g/mol. The summed E-state index contributed by atoms with van der Waals surface area (Å²) in [6, 6.07) is 0. The van der Waals surface area contributed by atoms with Gasteiger partial charge in [-0.25, -0.2) is 0 Å². The van der Waals surface area contributed by atoms with Crippen LogP contribution in [0.4, 0.5) is 0 Å². The van der Waals surface area contributed by atoms with Crippen molar-refractivity contribution >= 4 is 27.7 Å². The monoisotopic (exact) mass is 508 g/mol. The van der Waals surface area contributed by atoms with Crippen molar-refractivity contribution < 1.29 is 42.3 Å². The average Bonchev–Trinajstić information content (AvgIpc) is 3.42. The topological polar surface area (TPSA) is 155 Å². The fourth-order valence-corrected chi connectivity index (χ4v) is 8.37. The molecule has 5 aliphatic rings. The molecule has 0 aliphatic heterocycles. The van der Waals surface area contributed by atoms with E-state index in [4.69, 9.17) is 9.29 Å². The van der Waals surface area contributed by atoms with Crippen molar-refractivity contribution in [3.63, 3.8) is 0 Å². The van der Waals surface area contributed by atoms with Crippen molar-refractivity contribution in [1.29, 1.82) is 0 Å². The number of Topliss-reactive ketones (excluding diaryl/α,β-unsaturated/α-hetero) is 1. The molecule has 0 amide bonds. The van der Waals surface area contributed by atoms with Gasteiger partial charge < -0.3 is 14.9 Å². The SMILES string of the molecule is C[C@]12CC[C@H]3[C@@H](C=CC4=CC(=O)[C@@H]5C[C@]5(O)[C@@]43C)[C@@H]1CC[C@]2(O)C(=O)COC(=O)CCS(=O)(=O)O. The second kappa shape index (κ2) is 7.57. The van der Waals surface area contributed by atoms with Gasteiger partial charge in [-0.05, 0) is 61.5 Å². The first-order chi connectivity index (χ1) is 16.2. The summed E-state index contributed by atoms with van der Waals surface area (Å²) in [6.07, 6.45) is 7.60. The second-order valence-electron chi connectivity index (χ2n) is 11.5. The van der Waals surface area contributed by atoms with Crippen LogP contribution in [-0.4, -0.2) is 64.3 Å². The Labute approximate surface area is 204 Å². The Hall–Kier alpha value is -1.88. The minimum absolute atomic E-state index is 0.0179. The van der Waals surface area contributed by atoms with Crippen molar-refractivity contribution in [3.8, 4) is 0 Å². The van der Waals surface area contributed by atoms with E-state index in [9.17, 15) is 33.0 Å². The fraction of sp³-hybridized carbons (Fsp3) is 0.720. The van der Waals surface area contributed by atoms with Gasteiger partial charge in [-0.3, -0.25) is 18.9 Å². The highest BCUT2D eigenvalue weighted by atomic mass is 32.2. The van der Waals surface area contributed by atoms with E-state index in [1.807, 2.05) is 19.9 Å². The zero-order valence-corrected chi connectivity index (χ0v) is 20.7. The molecule has 0 bridgehead atoms. The molecule has 10 heteroatoms. The minimum atomic E-state index is -4.33. The van der Waals surface area contributed by atoms with Gasteiger partial charge in [0.1, 0.15) is 5.60 Å². The first-order valence-corrected chi connectivity index (χ1v) is 13.8. The molecule has 0 spiro atoms. The third kappa shape index (κ3) is 3.36. The molecular formula is C25H32O9S. The summed E-state index contributed by atoms with van der Waals surface area (Å²) in [7, 11) is -4.33. The van der Waals surface area contributed by atoms with Crippen LogP contribution in [0.5, 0.6) is 0 Å². The van der Waals surface area contributed by atoms with Crippen molar-refractivity contribution in [2.75, 3.05) is 12.4 Å². The molecule has 0 aromatic rings. The van der Waals surface area contributed by atoms with E-state index in [0.717, 1.165) is 5.57 Å². The molecule has 5 aliphatic carbocycles. The number of rotatable bonds is 6. The van der Waals surface area contributed by atoms with E-state index in [1.165, 1.54) is 0 Å². The molecule has 3 N–H and O–H groups in total. The predicted octanol–water partition coefficient (Wildman–Crippen LogP) is 1.39. The van der Waals surface area contributed by atoms with E-state index in [-0.39, 0.29) is 35.9 Å². The summed E-state index contributed by atoms with van der Waals surface area (Å²) >= 11 is 0. The summed E-state index contributed by atoms with van der Waals surface area (Å²) in [6.45, 7) is 3.29. The van der Waals surface area contributed by atoms with Crippen LogP contribution in [-0.2, 0) is 29.2 Å². The van der Waals surface area contributed by atoms with E-state index in [0.29, 0.717) is 25.7 Å². The van der Waals surface area contributed by atoms with Gasteiger partial charge in [0.2, 0.25) is 5.78 Å². The maximum atomic E-state index is 13.1. The molecule has 0 saturated heterocycles. The maximum Gasteiger partial charge on any atom is 0.307 e. The highest BCUT2D eigenvalue weighted by Crippen LogP contribution is 2.72. The van der Waals surface area contributed by atoms with Gasteiger partial charge in [-0.2, -0.15) is 8.42 Å². The van der Waals surface area contributed by atoms with Crippen LogP contribution in [0.25, 0.3) is 0 Å². The van der Waals surface area contributed by atoms with E-state index < -0.39 is 62.7 Å². The zero-order chi connectivity index (χ0) is 25.6. The van der Waals surface area contributed by atoms with Gasteiger partial charge in [-0.15, -0.1) is 0 Å². The Morgan fingerprint density at radius 3 is 2.51 bits per heavy atom. The smallest absolute Gasteiger partial charge is 0.307 e. The molecule has 3 fully saturated rings. The van der Waals surface area contributed by atoms with Gasteiger partial charge in [0, 0.05) is 10.8 Å². The number of esters is 1. The van der Waals surface area contributed by atoms with Crippen LogP contribution in [0, 0.1) is 34.5 Å². The lowest BCUT2D eigenvalue weighted by atomic mass is 9.47. The van der Waals surface area contributed by atoms with Crippen molar-refractivity contribution in [1.82, 2.24) is 0 Å². The Kier molecular flexibility index (Phi) is 5.36. The lowest BCUT2D eigenvalue weighted by Gasteiger charge is -2.58. The number of carbonyl (C=O) groups is 3. The van der Waals surface area contributed by atoms with Gasteiger partial charge in [0.15, 0.2) is 12.4 Å². The molecule has 0 unspecified atom stereocenters. The molecule has 0 aromatic carbocycles. The third-order valence-corrected chi connectivity index (χ3v) is 10.9. The highest BCUT2D eigenvalue weighted by Gasteiger charge is 2.74. The number of ketones is 2. The maximum absolute atomic E-state index is 13.1. The largest absolute Gasteiger partial charge is 0.458 e. The summed E-state index contributed by atoms with van der Waals surface area (Å²) in [5.41, 5.74) is -3.19. The highest BCUT2D eigenvalue weighted by molar-refractivity contribution is 7.85. The summed E-state index contributed by atoms with van der Waals surface area (Å²) in [4.78, 5) is 37.3. The van der Waals surface area contributed by atoms with Crippen LogP contribution < -0.4 is 0 Å². The second-order valence-corrected chi connectivity index (χ2v) is 13.1. The number of allylic oxidation sites excluding steroid dienone is 3. The Bertz CT molecular complexity index is 1170. The number of hydrogen-bond acceptors (Lipinski definition) is 8. The van der Waals surface area contributed by atoms with Crippen molar-refractivity contribution in [3.05, 3.63) is 23.8 Å². The van der Waals surface area contributed by atoms with Crippen LogP contribution in [0.1, 0.15) is 52.4 Å². The van der Waals surface area contributed by atoms with Crippen LogP contribution in [0.3, 0.4) is 0 Å². The molecule has 0 aromatic heterocycles. The molecule has 9 nitrogen and oxygen atoms in total. The first kappa shape index (κ1) is 24.8. The van der Waals surface area contributed by atoms with E-state index >= 15 is 0 Å². The number of aliphatic hydroxyl groups is 2. The fourth-order valence-electron chi connectivity index (χ4n) is 7.95. The Morgan fingerprint density at radius 1 is 1.14 bits per heavy atom. The lowest BCUT2D eigenvalue weighted by molar-refractivity contribution is -0.169. The molecule has 0 radical (unpaired) electrons. The minimum Gasteiger partial charge on any atom is -0.458 e. The van der Waals surface area contributed by atoms with Gasteiger partial charge >= 0.3 is 5.97 Å². The zero-order valence-electron chi connectivity index (χ0n) is 19.9. The Balaban J connectivity index is 1.35. The third-order valence-electron chi connectivity index (χ3n) is 10.2. The molecule has 192 valence electrons. The molecule has 5 rings (SSSR count). The number of fused-ring (bicyclic) bond motifs is 7. The molecule has 0 heterocycles. The molecule has 3 saturated carbocycles. The van der Waals surface area contributed by atoms with Gasteiger partial charge in [-0.1, -0.05) is 26.0 Å². The predicted molar refractivity (Wildman–Crippen MR) is 122 cm³/mol. The van der Waals surface area contributed by atoms with Gasteiger partial charge in [0.05, 0.1) is 23.7 Å². The van der Waals surface area contributed by atoms with Crippen LogP contribution in [0.15, 0.2) is 23.8 Å². The van der Waals surface area contributed by atoms with Crippen LogP contribution in [0.2, 0.25) is 0 Å². The van der Waals surface area contributed by atoms with E-state index in [1.54, 1.807) is 6.08 Å². The molecule has 8 atom stereocenters. The quantitative estimate of drug-likeness (QED) is 0.356. The number of hydrogen-bond donors (Lipinski definition) is 3. The molecule has 35 heavy (non-hydrogen) atoms. The van der Waals surface area contributed by atoms with Gasteiger partial charge in [0.25, 0.3) is 10.1 Å². The van der Waals surface area contributed by atoms with Crippen LogP contribution >= 0.6 is 0 Å². The number of ether oxygens (including phenoxy) is 1. The standard InChI is InChI=1S/C25H32O9S/c1-22-8-5-17-15(4-3-14-11-19(26)18-12-25(18,30)23(14,17)2)16(22)6-9-24(22,29)20(27)13-34-21(28)7-10-35(31,32)33/h3-4,11,15-18,29-30H,5-10,12-13H2,1-2H3,(H,31,32,33)/t15-,16-,17-,18-,22-,23-,24-,25+/m0/s1. The summed E-state index contributed by atoms with van der Waals surface area (Å²) in [5, 5.41) is 23.0. The first-order valence-electron chi connectivity index (χ1n) is 12.2. The molecular weight excluding hydrogens is 476 g/mol. The normalized spacial score (nSPS) is 45.5.